The Morgan fingerprint density at radius 2 is 0.935 bits per heavy atom. The van der Waals surface area contributed by atoms with E-state index < -0.39 is 12.6 Å². The van der Waals surface area contributed by atoms with Gasteiger partial charge in [-0.3, -0.25) is 0 Å². The highest BCUT2D eigenvalue weighted by Crippen LogP contribution is 2.57. The Hall–Kier alpha value is -5.01. The van der Waals surface area contributed by atoms with Crippen LogP contribution < -0.4 is 15.9 Å². The van der Waals surface area contributed by atoms with Crippen molar-refractivity contribution in [2.45, 2.75) is 5.41 Å². The highest BCUT2D eigenvalue weighted by molar-refractivity contribution is 7.85. The standard InChI is InChI=1S/C43H29OPS/c44-45(32-19-9-3-10-20-32,33-21-11-4-12-22-33)34-25-26-41-37(27-34)38-28-40-36(29-42(38)46-41)35-23-13-14-24-39(35)43(40,30-15-5-1-6-16-30)31-17-7-2-8-18-31/h1-29H. The zero-order valence-electron chi connectivity index (χ0n) is 25.0. The molecule has 0 N–H and O–H groups in total. The zero-order valence-corrected chi connectivity index (χ0v) is 26.7. The van der Waals surface area contributed by atoms with Crippen molar-refractivity contribution in [2.75, 3.05) is 0 Å². The van der Waals surface area contributed by atoms with Gasteiger partial charge in [-0.2, -0.15) is 0 Å². The lowest BCUT2D eigenvalue weighted by atomic mass is 9.67. The van der Waals surface area contributed by atoms with E-state index in [1.165, 1.54) is 48.2 Å². The summed E-state index contributed by atoms with van der Waals surface area (Å²) in [6.07, 6.45) is 0. The van der Waals surface area contributed by atoms with Gasteiger partial charge in [0.15, 0.2) is 7.14 Å². The summed E-state index contributed by atoms with van der Waals surface area (Å²) in [4.78, 5) is 0. The van der Waals surface area contributed by atoms with Crippen LogP contribution in [-0.4, -0.2) is 0 Å². The molecule has 9 rings (SSSR count). The van der Waals surface area contributed by atoms with Crippen molar-refractivity contribution in [1.29, 1.82) is 0 Å². The van der Waals surface area contributed by atoms with Crippen molar-refractivity contribution < 1.29 is 4.57 Å². The predicted molar refractivity (Wildman–Crippen MR) is 196 cm³/mol. The number of hydrogen-bond donors (Lipinski definition) is 0. The summed E-state index contributed by atoms with van der Waals surface area (Å²) < 4.78 is 17.8. The van der Waals surface area contributed by atoms with Gasteiger partial charge < -0.3 is 4.57 Å². The van der Waals surface area contributed by atoms with E-state index in [0.29, 0.717) is 0 Å². The average Bonchev–Trinajstić information content (AvgIpc) is 3.64. The predicted octanol–water partition coefficient (Wildman–Crippen LogP) is 10.1. The van der Waals surface area contributed by atoms with Crippen LogP contribution in [0.15, 0.2) is 176 Å². The van der Waals surface area contributed by atoms with Crippen LogP contribution in [0.2, 0.25) is 0 Å². The normalized spacial score (nSPS) is 13.5. The third-order valence-corrected chi connectivity index (χ3v) is 13.8. The Bertz CT molecular complexity index is 2350. The molecule has 7 aromatic carbocycles. The van der Waals surface area contributed by atoms with E-state index in [1.807, 2.05) is 72.0 Å². The van der Waals surface area contributed by atoms with Crippen molar-refractivity contribution in [3.05, 3.63) is 198 Å². The van der Waals surface area contributed by atoms with Crippen LogP contribution in [0.25, 0.3) is 31.3 Å². The Labute approximate surface area is 272 Å². The van der Waals surface area contributed by atoms with Crippen LogP contribution in [0, 0.1) is 0 Å². The molecule has 0 spiro atoms. The van der Waals surface area contributed by atoms with E-state index in [4.69, 9.17) is 0 Å². The molecular weight excluding hydrogens is 596 g/mol. The van der Waals surface area contributed by atoms with Crippen molar-refractivity contribution in [2.24, 2.45) is 0 Å². The second kappa shape index (κ2) is 10.5. The van der Waals surface area contributed by atoms with Gasteiger partial charge in [-0.05, 0) is 63.7 Å². The Balaban J connectivity index is 1.35. The minimum atomic E-state index is -3.11. The first-order valence-electron chi connectivity index (χ1n) is 15.6. The molecule has 8 aromatic rings. The first kappa shape index (κ1) is 27.3. The maximum absolute atomic E-state index is 15.3. The second-order valence-electron chi connectivity index (χ2n) is 12.0. The lowest BCUT2D eigenvalue weighted by Crippen LogP contribution is -2.28. The van der Waals surface area contributed by atoms with E-state index in [-0.39, 0.29) is 0 Å². The van der Waals surface area contributed by atoms with Crippen LogP contribution in [0.5, 0.6) is 0 Å². The summed E-state index contributed by atoms with van der Waals surface area (Å²) >= 11 is 1.82. The molecule has 1 aliphatic carbocycles. The first-order chi connectivity index (χ1) is 22.7. The smallest absolute Gasteiger partial charge is 0.171 e. The van der Waals surface area contributed by atoms with E-state index in [2.05, 4.69) is 115 Å². The molecule has 0 saturated carbocycles. The molecule has 0 saturated heterocycles. The fourth-order valence-corrected chi connectivity index (χ4v) is 11.4. The molecule has 0 aliphatic heterocycles. The van der Waals surface area contributed by atoms with Crippen LogP contribution in [-0.2, 0) is 9.98 Å². The largest absolute Gasteiger partial charge is 0.309 e. The van der Waals surface area contributed by atoms with Crippen LogP contribution >= 0.6 is 18.5 Å². The maximum atomic E-state index is 15.3. The Kier molecular flexibility index (Phi) is 6.25. The lowest BCUT2D eigenvalue weighted by Gasteiger charge is -2.33. The van der Waals surface area contributed by atoms with E-state index in [0.717, 1.165) is 21.3 Å². The Morgan fingerprint density at radius 1 is 0.413 bits per heavy atom. The molecule has 1 aliphatic rings. The fraction of sp³-hybridized carbons (Fsp3) is 0.0233. The van der Waals surface area contributed by atoms with Gasteiger partial charge in [-0.25, -0.2) is 0 Å². The molecule has 0 fully saturated rings. The quantitative estimate of drug-likeness (QED) is 0.174. The zero-order chi connectivity index (χ0) is 30.7. The first-order valence-corrected chi connectivity index (χ1v) is 18.1. The second-order valence-corrected chi connectivity index (χ2v) is 15.8. The monoisotopic (exact) mass is 624 g/mol. The molecule has 0 amide bonds. The summed E-state index contributed by atoms with van der Waals surface area (Å²) in [7, 11) is -3.11. The van der Waals surface area contributed by atoms with E-state index in [9.17, 15) is 0 Å². The highest BCUT2D eigenvalue weighted by Gasteiger charge is 2.46. The van der Waals surface area contributed by atoms with Gasteiger partial charge in [-0.1, -0.05) is 146 Å². The number of rotatable bonds is 5. The number of thiophene rings is 1. The molecule has 46 heavy (non-hydrogen) atoms. The third-order valence-electron chi connectivity index (χ3n) is 9.64. The van der Waals surface area contributed by atoms with E-state index in [1.54, 1.807) is 0 Å². The van der Waals surface area contributed by atoms with Gasteiger partial charge in [0.05, 0.1) is 5.41 Å². The van der Waals surface area contributed by atoms with Crippen molar-refractivity contribution >= 4 is 54.6 Å². The topological polar surface area (TPSA) is 17.1 Å². The minimum absolute atomic E-state index is 0.460. The molecule has 0 bridgehead atoms. The van der Waals surface area contributed by atoms with Crippen molar-refractivity contribution in [3.8, 4) is 11.1 Å². The summed E-state index contributed by atoms with van der Waals surface area (Å²) in [6, 6.07) is 62.0. The molecule has 1 aromatic heterocycles. The minimum Gasteiger partial charge on any atom is -0.309 e. The summed E-state index contributed by atoms with van der Waals surface area (Å²) in [5, 5.41) is 4.92. The van der Waals surface area contributed by atoms with Gasteiger partial charge in [-0.15, -0.1) is 11.3 Å². The Morgan fingerprint density at radius 3 is 1.54 bits per heavy atom. The number of benzene rings is 7. The molecule has 1 nitrogen and oxygen atoms in total. The molecule has 0 unspecified atom stereocenters. The number of hydrogen-bond acceptors (Lipinski definition) is 2. The molecule has 3 heteroatoms. The van der Waals surface area contributed by atoms with Crippen LogP contribution in [0.3, 0.4) is 0 Å². The van der Waals surface area contributed by atoms with Crippen molar-refractivity contribution in [1.82, 2.24) is 0 Å². The summed E-state index contributed by atoms with van der Waals surface area (Å²) in [6.45, 7) is 0. The van der Waals surface area contributed by atoms with Crippen molar-refractivity contribution in [3.63, 3.8) is 0 Å². The SMILES string of the molecule is O=P(c1ccccc1)(c1ccccc1)c1ccc2sc3cc4c(cc3c2c1)C(c1ccccc1)(c1ccccc1)c1ccccc1-4. The van der Waals surface area contributed by atoms with Gasteiger partial charge in [0.2, 0.25) is 0 Å². The van der Waals surface area contributed by atoms with Crippen LogP contribution in [0.4, 0.5) is 0 Å². The molecule has 218 valence electrons. The number of fused-ring (bicyclic) bond motifs is 6. The van der Waals surface area contributed by atoms with E-state index >= 15 is 4.57 Å². The van der Waals surface area contributed by atoms with Gasteiger partial charge in [0.25, 0.3) is 0 Å². The highest BCUT2D eigenvalue weighted by atomic mass is 32.1. The average molecular weight is 625 g/mol. The summed E-state index contributed by atoms with van der Waals surface area (Å²) in [5.74, 6) is 0. The van der Waals surface area contributed by atoms with Gasteiger partial charge in [0.1, 0.15) is 0 Å². The third kappa shape index (κ3) is 3.84. The molecule has 1 heterocycles. The van der Waals surface area contributed by atoms with Gasteiger partial charge in [0, 0.05) is 36.1 Å². The van der Waals surface area contributed by atoms with Crippen LogP contribution in [0.1, 0.15) is 22.3 Å². The molecule has 0 atom stereocenters. The van der Waals surface area contributed by atoms with Gasteiger partial charge >= 0.3 is 0 Å². The fourth-order valence-electron chi connectivity index (χ4n) is 7.62. The molecular formula is C43H29OPS. The maximum Gasteiger partial charge on any atom is 0.171 e. The summed E-state index contributed by atoms with van der Waals surface area (Å²) in [5.41, 5.74) is 7.21. The molecule has 0 radical (unpaired) electrons. The lowest BCUT2D eigenvalue weighted by molar-refractivity contribution is 0.592.